The van der Waals surface area contributed by atoms with Gasteiger partial charge < -0.3 is 9.88 Å². The number of nitrogens with one attached hydrogen (secondary N) is 1. The van der Waals surface area contributed by atoms with Crippen LogP contribution in [0.2, 0.25) is 0 Å². The number of fused-ring (bicyclic) bond motifs is 1. The highest BCUT2D eigenvalue weighted by Crippen LogP contribution is 2.29. The molecule has 6 nitrogen and oxygen atoms in total. The average Bonchev–Trinajstić information content (AvgIpc) is 3.19. The van der Waals surface area contributed by atoms with Gasteiger partial charge in [0.2, 0.25) is 0 Å². The SMILES string of the molecule is c1ncc(-c2ccc3c(n2)N(Cc2cnc[nH]2)CC3)cn1. The van der Waals surface area contributed by atoms with Crippen molar-refractivity contribution in [3.05, 3.63) is 54.6 Å². The quantitative estimate of drug-likeness (QED) is 0.791. The summed E-state index contributed by atoms with van der Waals surface area (Å²) in [4.78, 5) is 22.4. The van der Waals surface area contributed by atoms with Crippen LogP contribution in [0, 0.1) is 0 Å². The standard InChI is InChI=1S/C15H14N6/c1-2-14(12-5-16-9-17-6-12)20-15-11(1)3-4-21(15)8-13-7-18-10-19-13/h1-2,5-7,9-10H,3-4,8H2,(H,18,19). The van der Waals surface area contributed by atoms with E-state index in [0.717, 1.165) is 42.3 Å². The smallest absolute Gasteiger partial charge is 0.132 e. The molecule has 0 aromatic carbocycles. The van der Waals surface area contributed by atoms with Crippen LogP contribution in [0.4, 0.5) is 5.82 Å². The molecule has 4 heterocycles. The molecule has 0 fully saturated rings. The number of anilines is 1. The maximum absolute atomic E-state index is 4.80. The lowest BCUT2D eigenvalue weighted by molar-refractivity contribution is 0.810. The fourth-order valence-electron chi connectivity index (χ4n) is 2.63. The van der Waals surface area contributed by atoms with E-state index in [1.807, 2.05) is 12.3 Å². The molecule has 1 N–H and O–H groups in total. The highest BCUT2D eigenvalue weighted by Gasteiger charge is 2.21. The third-order valence-electron chi connectivity index (χ3n) is 3.68. The summed E-state index contributed by atoms with van der Waals surface area (Å²) in [6.45, 7) is 1.78. The van der Waals surface area contributed by atoms with Crippen LogP contribution in [0.1, 0.15) is 11.3 Å². The second-order valence-electron chi connectivity index (χ2n) is 5.05. The number of hydrogen-bond acceptors (Lipinski definition) is 5. The molecule has 104 valence electrons. The minimum Gasteiger partial charge on any atom is -0.350 e. The van der Waals surface area contributed by atoms with E-state index in [9.17, 15) is 0 Å². The van der Waals surface area contributed by atoms with E-state index in [0.29, 0.717) is 0 Å². The van der Waals surface area contributed by atoms with Gasteiger partial charge in [0.05, 0.1) is 24.3 Å². The summed E-state index contributed by atoms with van der Waals surface area (Å²) >= 11 is 0. The number of H-pyrrole nitrogens is 1. The third kappa shape index (κ3) is 2.24. The summed E-state index contributed by atoms with van der Waals surface area (Å²) in [6.07, 6.45) is 9.69. The van der Waals surface area contributed by atoms with Gasteiger partial charge in [-0.2, -0.15) is 0 Å². The Morgan fingerprint density at radius 2 is 2.00 bits per heavy atom. The second kappa shape index (κ2) is 4.97. The van der Waals surface area contributed by atoms with Crippen LogP contribution in [0.3, 0.4) is 0 Å². The van der Waals surface area contributed by atoms with E-state index in [-0.39, 0.29) is 0 Å². The van der Waals surface area contributed by atoms with Crippen LogP contribution in [-0.2, 0) is 13.0 Å². The summed E-state index contributed by atoms with van der Waals surface area (Å²) in [7, 11) is 0. The molecule has 0 amide bonds. The van der Waals surface area contributed by atoms with E-state index in [1.165, 1.54) is 11.9 Å². The van der Waals surface area contributed by atoms with Crippen molar-refractivity contribution >= 4 is 5.82 Å². The first-order valence-corrected chi connectivity index (χ1v) is 6.87. The molecule has 3 aromatic rings. The predicted molar refractivity (Wildman–Crippen MR) is 78.6 cm³/mol. The van der Waals surface area contributed by atoms with Crippen LogP contribution in [0.5, 0.6) is 0 Å². The molecule has 0 spiro atoms. The molecule has 0 bridgehead atoms. The summed E-state index contributed by atoms with van der Waals surface area (Å²) in [5.41, 5.74) is 4.23. The molecule has 6 heteroatoms. The number of aromatic nitrogens is 5. The van der Waals surface area contributed by atoms with Gasteiger partial charge in [-0.15, -0.1) is 0 Å². The Morgan fingerprint density at radius 1 is 1.10 bits per heavy atom. The molecule has 4 rings (SSSR count). The second-order valence-corrected chi connectivity index (χ2v) is 5.05. The van der Waals surface area contributed by atoms with Crippen LogP contribution < -0.4 is 4.90 Å². The minimum absolute atomic E-state index is 0.800. The molecule has 0 radical (unpaired) electrons. The maximum Gasteiger partial charge on any atom is 0.132 e. The van der Waals surface area contributed by atoms with Crippen molar-refractivity contribution in [3.63, 3.8) is 0 Å². The Bertz CT molecular complexity index is 738. The van der Waals surface area contributed by atoms with Gasteiger partial charge in [0, 0.05) is 30.7 Å². The fraction of sp³-hybridized carbons (Fsp3) is 0.200. The zero-order valence-electron chi connectivity index (χ0n) is 11.4. The maximum atomic E-state index is 4.80. The Balaban J connectivity index is 1.67. The number of aromatic amines is 1. The molecule has 21 heavy (non-hydrogen) atoms. The number of hydrogen-bond donors (Lipinski definition) is 1. The summed E-state index contributed by atoms with van der Waals surface area (Å²) < 4.78 is 0. The summed E-state index contributed by atoms with van der Waals surface area (Å²) in [5.74, 6) is 1.05. The van der Waals surface area contributed by atoms with E-state index < -0.39 is 0 Å². The lowest BCUT2D eigenvalue weighted by atomic mass is 10.1. The van der Waals surface area contributed by atoms with Gasteiger partial charge in [0.25, 0.3) is 0 Å². The van der Waals surface area contributed by atoms with Crippen molar-refractivity contribution in [2.45, 2.75) is 13.0 Å². The van der Waals surface area contributed by atoms with Gasteiger partial charge in [-0.05, 0) is 18.1 Å². The lowest BCUT2D eigenvalue weighted by Crippen LogP contribution is -2.20. The predicted octanol–water partition coefficient (Wildman–Crippen LogP) is 1.82. The highest BCUT2D eigenvalue weighted by molar-refractivity contribution is 5.63. The molecule has 3 aromatic heterocycles. The molecule has 1 aliphatic rings. The fourth-order valence-corrected chi connectivity index (χ4v) is 2.63. The molecule has 0 saturated heterocycles. The van der Waals surface area contributed by atoms with Crippen LogP contribution in [0.15, 0.2) is 43.4 Å². The van der Waals surface area contributed by atoms with E-state index in [4.69, 9.17) is 4.98 Å². The van der Waals surface area contributed by atoms with Crippen molar-refractivity contribution < 1.29 is 0 Å². The lowest BCUT2D eigenvalue weighted by Gasteiger charge is -2.17. The first-order valence-electron chi connectivity index (χ1n) is 6.87. The molecule has 0 saturated carbocycles. The van der Waals surface area contributed by atoms with Crippen molar-refractivity contribution in [2.24, 2.45) is 0 Å². The van der Waals surface area contributed by atoms with Gasteiger partial charge in [0.1, 0.15) is 12.1 Å². The zero-order valence-corrected chi connectivity index (χ0v) is 11.4. The zero-order chi connectivity index (χ0) is 14.1. The molecule has 0 unspecified atom stereocenters. The molecular weight excluding hydrogens is 264 g/mol. The number of rotatable bonds is 3. The average molecular weight is 278 g/mol. The molecule has 1 aliphatic heterocycles. The summed E-state index contributed by atoms with van der Waals surface area (Å²) in [6, 6.07) is 4.19. The van der Waals surface area contributed by atoms with Gasteiger partial charge in [-0.1, -0.05) is 6.07 Å². The number of pyridine rings is 1. The first kappa shape index (κ1) is 12.0. The molecule has 0 atom stereocenters. The normalized spacial score (nSPS) is 13.4. The number of nitrogens with zero attached hydrogens (tertiary/aromatic N) is 5. The van der Waals surface area contributed by atoms with Crippen molar-refractivity contribution in [2.75, 3.05) is 11.4 Å². The van der Waals surface area contributed by atoms with E-state index in [2.05, 4.69) is 30.9 Å². The van der Waals surface area contributed by atoms with E-state index in [1.54, 1.807) is 18.7 Å². The largest absolute Gasteiger partial charge is 0.350 e. The van der Waals surface area contributed by atoms with Gasteiger partial charge in [-0.25, -0.2) is 19.9 Å². The molecular formula is C15H14N6. The Morgan fingerprint density at radius 3 is 2.81 bits per heavy atom. The van der Waals surface area contributed by atoms with Crippen molar-refractivity contribution in [1.29, 1.82) is 0 Å². The van der Waals surface area contributed by atoms with Crippen LogP contribution in [0.25, 0.3) is 11.3 Å². The topological polar surface area (TPSA) is 70.6 Å². The highest BCUT2D eigenvalue weighted by atomic mass is 15.2. The third-order valence-corrected chi connectivity index (χ3v) is 3.68. The minimum atomic E-state index is 0.800. The van der Waals surface area contributed by atoms with Crippen molar-refractivity contribution in [1.82, 2.24) is 24.9 Å². The van der Waals surface area contributed by atoms with E-state index >= 15 is 0 Å². The Kier molecular flexibility index (Phi) is 2.85. The first-order chi connectivity index (χ1) is 10.4. The Labute approximate surface area is 121 Å². The molecule has 0 aliphatic carbocycles. The van der Waals surface area contributed by atoms with Crippen LogP contribution >= 0.6 is 0 Å². The van der Waals surface area contributed by atoms with Crippen LogP contribution in [-0.4, -0.2) is 31.5 Å². The number of imidazole rings is 1. The van der Waals surface area contributed by atoms with Gasteiger partial charge in [-0.3, -0.25) is 0 Å². The van der Waals surface area contributed by atoms with Gasteiger partial charge in [0.15, 0.2) is 0 Å². The monoisotopic (exact) mass is 278 g/mol. The van der Waals surface area contributed by atoms with Crippen molar-refractivity contribution in [3.8, 4) is 11.3 Å². The Hall–Kier alpha value is -2.76. The summed E-state index contributed by atoms with van der Waals surface area (Å²) in [5, 5.41) is 0. The van der Waals surface area contributed by atoms with Gasteiger partial charge >= 0.3 is 0 Å².